The smallest absolute Gasteiger partial charge is 0.354 e. The quantitative estimate of drug-likeness (QED) is 0.635. The number of nitrogens with zero attached hydrogens (tertiary/aromatic N) is 3. The highest BCUT2D eigenvalue weighted by Crippen LogP contribution is 2.44. The summed E-state index contributed by atoms with van der Waals surface area (Å²) < 4.78 is 17.2. The van der Waals surface area contributed by atoms with Crippen molar-refractivity contribution in [1.82, 2.24) is 9.97 Å². The molecule has 1 atom stereocenters. The van der Waals surface area contributed by atoms with Crippen LogP contribution in [0.25, 0.3) is 0 Å². The number of aliphatic hydroxyl groups excluding tert-OH is 1. The minimum Gasteiger partial charge on any atom is -0.390 e. The summed E-state index contributed by atoms with van der Waals surface area (Å²) in [4.78, 5) is 22.1. The second-order valence-electron chi connectivity index (χ2n) is 9.17. The van der Waals surface area contributed by atoms with Crippen molar-refractivity contribution in [2.75, 3.05) is 5.32 Å². The number of thiazole rings is 1. The number of amides is 2. The van der Waals surface area contributed by atoms with Crippen LogP contribution in [0.1, 0.15) is 79.7 Å². The molecular weight excluding hydrogens is 434 g/mol. The zero-order valence-corrected chi connectivity index (χ0v) is 20.0. The van der Waals surface area contributed by atoms with Crippen molar-refractivity contribution < 1.29 is 14.1 Å². The van der Waals surface area contributed by atoms with Gasteiger partial charge in [0.1, 0.15) is 4.21 Å². The summed E-state index contributed by atoms with van der Waals surface area (Å²) in [5.74, 6) is 0.0819. The van der Waals surface area contributed by atoms with Crippen LogP contribution in [0.5, 0.6) is 0 Å². The lowest BCUT2D eigenvalue weighted by molar-refractivity contribution is 0.260. The Bertz CT molecular complexity index is 1180. The van der Waals surface area contributed by atoms with E-state index in [9.17, 15) is 14.1 Å². The van der Waals surface area contributed by atoms with Crippen molar-refractivity contribution >= 4 is 33.0 Å². The molecule has 0 aromatic carbocycles. The van der Waals surface area contributed by atoms with Gasteiger partial charge in [0.2, 0.25) is 0 Å². The van der Waals surface area contributed by atoms with E-state index < -0.39 is 22.6 Å². The fourth-order valence-electron chi connectivity index (χ4n) is 4.36. The van der Waals surface area contributed by atoms with E-state index >= 15 is 0 Å². The molecule has 0 aliphatic heterocycles. The van der Waals surface area contributed by atoms with Crippen LogP contribution in [0, 0.1) is 0 Å². The molecule has 4 N–H and O–H groups in total. The van der Waals surface area contributed by atoms with Crippen LogP contribution >= 0.6 is 11.3 Å². The largest absolute Gasteiger partial charge is 0.390 e. The summed E-state index contributed by atoms with van der Waals surface area (Å²) in [6.07, 6.45) is 4.54. The zero-order valence-electron chi connectivity index (χ0n) is 18.3. The van der Waals surface area contributed by atoms with E-state index in [0.717, 1.165) is 71.6 Å². The van der Waals surface area contributed by atoms with Gasteiger partial charge < -0.3 is 10.4 Å². The van der Waals surface area contributed by atoms with Crippen LogP contribution in [0.2, 0.25) is 0 Å². The highest BCUT2D eigenvalue weighted by Gasteiger charge is 2.36. The molecule has 31 heavy (non-hydrogen) atoms. The maximum atomic E-state index is 13.2. The summed E-state index contributed by atoms with van der Waals surface area (Å²) >= 11 is 1.13. The maximum Gasteiger partial charge on any atom is 0.354 e. The van der Waals surface area contributed by atoms with Crippen LogP contribution in [-0.4, -0.2) is 25.3 Å². The second-order valence-corrected chi connectivity index (χ2v) is 12.2. The van der Waals surface area contributed by atoms with Crippen LogP contribution in [-0.2, 0) is 41.2 Å². The number of urea groups is 1. The normalized spacial score (nSPS) is 18.5. The summed E-state index contributed by atoms with van der Waals surface area (Å²) in [5, 5.41) is 19.2. The number of hydrogen-bond acceptors (Lipinski definition) is 6. The summed E-state index contributed by atoms with van der Waals surface area (Å²) in [6, 6.07) is -0.747. The van der Waals surface area contributed by atoms with Crippen molar-refractivity contribution in [3.8, 4) is 0 Å². The molecule has 0 unspecified atom stereocenters. The van der Waals surface area contributed by atoms with E-state index in [1.54, 1.807) is 0 Å². The van der Waals surface area contributed by atoms with Gasteiger partial charge in [0.15, 0.2) is 9.92 Å². The standard InChI is InChI=1S/C21H29N5O3S2/c1-11(2)18-24-15(10-27)19(30-18)31(22,29)26-20(28)25-16-12-6-5-7-14(12)23-17-13(16)8-9-21(17,3)4/h11,27H,5-10H2,1-4H3,(H3,22,23,25,26,28,29)/t31-/m1/s1. The van der Waals surface area contributed by atoms with Crippen molar-refractivity contribution in [2.24, 2.45) is 9.50 Å². The Kier molecular flexibility index (Phi) is 5.70. The monoisotopic (exact) mass is 463 g/mol. The van der Waals surface area contributed by atoms with E-state index in [2.05, 4.69) is 28.5 Å². The minimum absolute atomic E-state index is 0.0447. The second kappa shape index (κ2) is 7.91. The number of rotatable bonds is 4. The number of aliphatic hydroxyl groups is 1. The Balaban J connectivity index is 1.72. The van der Waals surface area contributed by atoms with Gasteiger partial charge in [-0.25, -0.2) is 19.1 Å². The highest BCUT2D eigenvalue weighted by atomic mass is 32.2. The third-order valence-electron chi connectivity index (χ3n) is 6.00. The summed E-state index contributed by atoms with van der Waals surface area (Å²) in [5.41, 5.74) is 5.10. The fraction of sp³-hybridized carbons (Fsp3) is 0.571. The first kappa shape index (κ1) is 22.3. The Morgan fingerprint density at radius 2 is 2.03 bits per heavy atom. The van der Waals surface area contributed by atoms with Gasteiger partial charge in [-0.05, 0) is 43.2 Å². The van der Waals surface area contributed by atoms with Gasteiger partial charge in [0, 0.05) is 17.0 Å². The number of hydrogen-bond donors (Lipinski definition) is 3. The van der Waals surface area contributed by atoms with Gasteiger partial charge in [-0.1, -0.05) is 27.7 Å². The molecule has 168 valence electrons. The molecule has 10 heteroatoms. The number of pyridine rings is 1. The van der Waals surface area contributed by atoms with Crippen LogP contribution in [0.15, 0.2) is 8.57 Å². The van der Waals surface area contributed by atoms with E-state index in [4.69, 9.17) is 10.1 Å². The molecule has 4 rings (SSSR count). The Morgan fingerprint density at radius 3 is 2.71 bits per heavy atom. The lowest BCUT2D eigenvalue weighted by Crippen LogP contribution is -2.20. The van der Waals surface area contributed by atoms with Gasteiger partial charge >= 0.3 is 6.03 Å². The zero-order chi connectivity index (χ0) is 22.6. The first-order valence-corrected chi connectivity index (χ1v) is 12.9. The van der Waals surface area contributed by atoms with Crippen molar-refractivity contribution in [3.63, 3.8) is 0 Å². The summed E-state index contributed by atoms with van der Waals surface area (Å²) in [7, 11) is -3.54. The highest BCUT2D eigenvalue weighted by molar-refractivity contribution is 7.93. The van der Waals surface area contributed by atoms with E-state index in [0.29, 0.717) is 5.01 Å². The molecule has 2 aliphatic carbocycles. The molecule has 2 amide bonds. The number of carbonyl (C=O) groups excluding carboxylic acids is 1. The molecule has 0 fully saturated rings. The number of nitrogens with one attached hydrogen (secondary N) is 1. The van der Waals surface area contributed by atoms with Gasteiger partial charge in [0.25, 0.3) is 0 Å². The van der Waals surface area contributed by atoms with Crippen molar-refractivity contribution in [1.29, 1.82) is 0 Å². The fourth-order valence-corrected chi connectivity index (χ4v) is 6.84. The lowest BCUT2D eigenvalue weighted by atomic mass is 9.90. The first-order valence-electron chi connectivity index (χ1n) is 10.5. The van der Waals surface area contributed by atoms with Gasteiger partial charge in [-0.3, -0.25) is 4.98 Å². The number of aromatic nitrogens is 2. The van der Waals surface area contributed by atoms with Crippen molar-refractivity contribution in [2.45, 2.75) is 81.9 Å². The molecule has 2 aromatic heterocycles. The average molecular weight is 464 g/mol. The number of aryl methyl sites for hydroxylation is 1. The molecule has 0 spiro atoms. The lowest BCUT2D eigenvalue weighted by Gasteiger charge is -2.20. The summed E-state index contributed by atoms with van der Waals surface area (Å²) in [6.45, 7) is 7.81. The average Bonchev–Trinajstić information content (AvgIpc) is 3.39. The Hall–Kier alpha value is -1.88. The SMILES string of the molecule is CC(C)c1nc(CO)c([S@](N)(=O)=NC(=O)Nc2c3c(nc4c2CCC4(C)C)CCC3)s1. The van der Waals surface area contributed by atoms with Gasteiger partial charge in [-0.2, -0.15) is 0 Å². The van der Waals surface area contributed by atoms with Crippen LogP contribution < -0.4 is 10.5 Å². The number of carbonyl (C=O) groups is 1. The van der Waals surface area contributed by atoms with Crippen molar-refractivity contribution in [3.05, 3.63) is 33.2 Å². The molecule has 8 nitrogen and oxygen atoms in total. The molecule has 0 saturated carbocycles. The molecule has 2 heterocycles. The predicted molar refractivity (Wildman–Crippen MR) is 122 cm³/mol. The van der Waals surface area contributed by atoms with Crippen LogP contribution in [0.3, 0.4) is 0 Å². The van der Waals surface area contributed by atoms with Gasteiger partial charge in [-0.15, -0.1) is 15.7 Å². The predicted octanol–water partition coefficient (Wildman–Crippen LogP) is 3.80. The third kappa shape index (κ3) is 4.02. The Morgan fingerprint density at radius 1 is 1.29 bits per heavy atom. The maximum absolute atomic E-state index is 13.2. The van der Waals surface area contributed by atoms with E-state index in [-0.39, 0.29) is 21.2 Å². The number of fused-ring (bicyclic) bond motifs is 2. The molecule has 2 aliphatic rings. The number of anilines is 1. The Labute approximate surface area is 187 Å². The molecule has 2 aromatic rings. The molecule has 0 saturated heterocycles. The van der Waals surface area contributed by atoms with E-state index in [1.165, 1.54) is 0 Å². The first-order chi connectivity index (χ1) is 14.5. The molecule has 0 radical (unpaired) electrons. The number of nitrogens with two attached hydrogens (primary N) is 1. The van der Waals surface area contributed by atoms with E-state index in [1.807, 2.05) is 13.8 Å². The third-order valence-corrected chi connectivity index (χ3v) is 9.37. The molecule has 0 bridgehead atoms. The minimum atomic E-state index is -3.54. The van der Waals surface area contributed by atoms with Gasteiger partial charge in [0.05, 0.1) is 28.7 Å². The molecular formula is C21H29N5O3S2. The van der Waals surface area contributed by atoms with Crippen LogP contribution in [0.4, 0.5) is 10.5 Å². The topological polar surface area (TPSA) is 131 Å².